The van der Waals surface area contributed by atoms with E-state index in [0.29, 0.717) is 16.6 Å². The molecule has 2 atom stereocenters. The Morgan fingerprint density at radius 1 is 1.24 bits per heavy atom. The standard InChI is InChI=1S/C22H29N5O2S.CH2O2/c1-26-12-17(8-9-18(14-26)25-20(28)19-11-24-22(23)30-19)21(29)27-10-4-7-15-5-2-3-6-16(15)13-27;2-1-3/h2-3,5-6,11,17-18H,4,7-10,12-14H2,1H3,(H2,23,24)(H,25,28);1H,(H,2,3)/t17-,18+;/m1./s1. The second-order valence-electron chi connectivity index (χ2n) is 8.47. The fourth-order valence-electron chi connectivity index (χ4n) is 4.53. The molecule has 1 aromatic heterocycles. The summed E-state index contributed by atoms with van der Waals surface area (Å²) in [6.45, 7) is 2.70. The Morgan fingerprint density at radius 3 is 2.67 bits per heavy atom. The molecule has 0 saturated carbocycles. The van der Waals surface area contributed by atoms with E-state index in [1.165, 1.54) is 28.7 Å². The zero-order chi connectivity index (χ0) is 23.8. The first-order valence-electron chi connectivity index (χ1n) is 11.1. The lowest BCUT2D eigenvalue weighted by Crippen LogP contribution is -2.42. The molecule has 0 aliphatic carbocycles. The van der Waals surface area contributed by atoms with Crippen molar-refractivity contribution in [2.75, 3.05) is 32.4 Å². The van der Waals surface area contributed by atoms with Gasteiger partial charge >= 0.3 is 0 Å². The number of hydrogen-bond acceptors (Lipinski definition) is 7. The van der Waals surface area contributed by atoms with Gasteiger partial charge in [0.1, 0.15) is 4.88 Å². The molecule has 4 rings (SSSR count). The van der Waals surface area contributed by atoms with E-state index in [0.717, 1.165) is 45.3 Å². The smallest absolute Gasteiger partial charge is 0.290 e. The normalized spacial score (nSPS) is 20.9. The topological polar surface area (TPSA) is 129 Å². The summed E-state index contributed by atoms with van der Waals surface area (Å²) in [6, 6.07) is 8.44. The summed E-state index contributed by atoms with van der Waals surface area (Å²) in [6.07, 6.45) is 5.10. The Morgan fingerprint density at radius 2 is 1.97 bits per heavy atom. The minimum absolute atomic E-state index is 0.00786. The molecule has 2 aliphatic rings. The second kappa shape index (κ2) is 11.8. The molecule has 178 valence electrons. The summed E-state index contributed by atoms with van der Waals surface area (Å²) in [5.74, 6) is 0.0541. The number of rotatable bonds is 3. The van der Waals surface area contributed by atoms with E-state index >= 15 is 0 Å². The van der Waals surface area contributed by atoms with Crippen molar-refractivity contribution in [3.63, 3.8) is 0 Å². The van der Waals surface area contributed by atoms with Crippen LogP contribution in [0.4, 0.5) is 5.13 Å². The number of nitrogens with one attached hydrogen (secondary N) is 1. The minimum Gasteiger partial charge on any atom is -0.483 e. The van der Waals surface area contributed by atoms with Crippen LogP contribution in [0.2, 0.25) is 0 Å². The van der Waals surface area contributed by atoms with Crippen molar-refractivity contribution in [2.24, 2.45) is 5.92 Å². The number of carbonyl (C=O) groups is 3. The van der Waals surface area contributed by atoms with E-state index in [4.69, 9.17) is 15.6 Å². The molecule has 33 heavy (non-hydrogen) atoms. The maximum absolute atomic E-state index is 13.4. The van der Waals surface area contributed by atoms with E-state index in [1.807, 2.05) is 11.9 Å². The molecular weight excluding hydrogens is 442 g/mol. The van der Waals surface area contributed by atoms with Crippen molar-refractivity contribution in [3.8, 4) is 0 Å². The van der Waals surface area contributed by atoms with Crippen LogP contribution in [-0.4, -0.2) is 70.9 Å². The summed E-state index contributed by atoms with van der Waals surface area (Å²) in [5, 5.41) is 10.4. The summed E-state index contributed by atoms with van der Waals surface area (Å²) in [5.41, 5.74) is 8.26. The predicted octanol–water partition coefficient (Wildman–Crippen LogP) is 1.84. The number of aryl methyl sites for hydroxylation is 1. The first kappa shape index (κ1) is 24.7. The van der Waals surface area contributed by atoms with Gasteiger partial charge in [-0.15, -0.1) is 0 Å². The summed E-state index contributed by atoms with van der Waals surface area (Å²) in [7, 11) is 2.02. The van der Waals surface area contributed by atoms with Crippen molar-refractivity contribution in [1.82, 2.24) is 20.1 Å². The zero-order valence-electron chi connectivity index (χ0n) is 18.8. The number of carbonyl (C=O) groups excluding carboxylic acids is 2. The highest BCUT2D eigenvalue weighted by Crippen LogP contribution is 2.24. The van der Waals surface area contributed by atoms with Crippen LogP contribution in [0.3, 0.4) is 0 Å². The molecular formula is C23H31N5O4S. The van der Waals surface area contributed by atoms with Gasteiger partial charge in [0.15, 0.2) is 5.13 Å². The van der Waals surface area contributed by atoms with E-state index in [9.17, 15) is 9.59 Å². The Hall–Kier alpha value is -2.98. The van der Waals surface area contributed by atoms with Crippen LogP contribution in [0, 0.1) is 5.92 Å². The van der Waals surface area contributed by atoms with Crippen LogP contribution in [0.5, 0.6) is 0 Å². The highest BCUT2D eigenvalue weighted by atomic mass is 32.1. The van der Waals surface area contributed by atoms with Crippen LogP contribution in [0.1, 0.15) is 40.1 Å². The van der Waals surface area contributed by atoms with Gasteiger partial charge in [0.05, 0.1) is 12.1 Å². The third-order valence-corrected chi connectivity index (χ3v) is 6.85. The van der Waals surface area contributed by atoms with Gasteiger partial charge in [-0.3, -0.25) is 14.4 Å². The van der Waals surface area contributed by atoms with Gasteiger partial charge in [0, 0.05) is 32.2 Å². The lowest BCUT2D eigenvalue weighted by Gasteiger charge is -2.27. The van der Waals surface area contributed by atoms with Crippen LogP contribution in [0.25, 0.3) is 0 Å². The fraction of sp³-hybridized carbons (Fsp3) is 0.478. The monoisotopic (exact) mass is 473 g/mol. The predicted molar refractivity (Wildman–Crippen MR) is 127 cm³/mol. The minimum atomic E-state index is -0.250. The molecule has 0 unspecified atom stereocenters. The molecule has 3 heterocycles. The van der Waals surface area contributed by atoms with Crippen LogP contribution >= 0.6 is 11.3 Å². The molecule has 2 amide bonds. The lowest BCUT2D eigenvalue weighted by atomic mass is 9.99. The number of likely N-dealkylation sites (N-methyl/N-ethyl adjacent to an activating group) is 1. The molecule has 1 fully saturated rings. The molecule has 0 spiro atoms. The number of fused-ring (bicyclic) bond motifs is 1. The first-order valence-corrected chi connectivity index (χ1v) is 11.9. The van der Waals surface area contributed by atoms with Crippen molar-refractivity contribution >= 4 is 34.8 Å². The van der Waals surface area contributed by atoms with Gasteiger partial charge in [0.25, 0.3) is 12.4 Å². The third-order valence-electron chi connectivity index (χ3n) is 6.02. The molecule has 0 radical (unpaired) electrons. The highest BCUT2D eigenvalue weighted by molar-refractivity contribution is 7.17. The Bertz CT molecular complexity index is 966. The van der Waals surface area contributed by atoms with Crippen LogP contribution in [0.15, 0.2) is 30.5 Å². The Labute approximate surface area is 197 Å². The molecule has 9 nitrogen and oxygen atoms in total. The molecule has 0 bridgehead atoms. The van der Waals surface area contributed by atoms with Gasteiger partial charge in [-0.2, -0.15) is 0 Å². The number of carboxylic acid groups (broad SMARTS) is 1. The van der Waals surface area contributed by atoms with E-state index in [-0.39, 0.29) is 30.2 Å². The Kier molecular flexibility index (Phi) is 8.79. The largest absolute Gasteiger partial charge is 0.483 e. The number of likely N-dealkylation sites (tertiary alicyclic amines) is 1. The highest BCUT2D eigenvalue weighted by Gasteiger charge is 2.31. The van der Waals surface area contributed by atoms with E-state index in [1.54, 1.807) is 0 Å². The van der Waals surface area contributed by atoms with Crippen LogP contribution < -0.4 is 11.1 Å². The number of thiazole rings is 1. The third kappa shape index (κ3) is 6.75. The second-order valence-corrected chi connectivity index (χ2v) is 9.53. The number of anilines is 1. The van der Waals surface area contributed by atoms with Crippen molar-refractivity contribution < 1.29 is 19.5 Å². The van der Waals surface area contributed by atoms with Gasteiger partial charge in [-0.1, -0.05) is 35.6 Å². The summed E-state index contributed by atoms with van der Waals surface area (Å²) in [4.78, 5) is 42.9. The number of nitrogen functional groups attached to an aromatic ring is 1. The van der Waals surface area contributed by atoms with E-state index < -0.39 is 0 Å². The van der Waals surface area contributed by atoms with Gasteiger partial charge < -0.3 is 26.0 Å². The molecule has 4 N–H and O–H groups in total. The van der Waals surface area contributed by atoms with Gasteiger partial charge in [-0.05, 0) is 43.9 Å². The number of nitrogens with zero attached hydrogens (tertiary/aromatic N) is 3. The molecule has 1 aromatic carbocycles. The number of nitrogens with two attached hydrogens (primary N) is 1. The first-order chi connectivity index (χ1) is 15.9. The maximum atomic E-state index is 13.4. The summed E-state index contributed by atoms with van der Waals surface area (Å²) < 4.78 is 0. The number of benzene rings is 1. The number of amides is 2. The van der Waals surface area contributed by atoms with Crippen molar-refractivity contribution in [3.05, 3.63) is 46.5 Å². The van der Waals surface area contributed by atoms with Gasteiger partial charge in [0.2, 0.25) is 5.91 Å². The quantitative estimate of drug-likeness (QED) is 0.580. The molecule has 2 aliphatic heterocycles. The number of hydrogen-bond donors (Lipinski definition) is 3. The van der Waals surface area contributed by atoms with Crippen molar-refractivity contribution in [2.45, 2.75) is 38.3 Å². The van der Waals surface area contributed by atoms with Crippen molar-refractivity contribution in [1.29, 1.82) is 0 Å². The zero-order valence-corrected chi connectivity index (χ0v) is 19.6. The molecule has 10 heteroatoms. The average molecular weight is 474 g/mol. The Balaban J connectivity index is 0.000000968. The van der Waals surface area contributed by atoms with Gasteiger partial charge in [-0.25, -0.2) is 4.98 Å². The number of aromatic nitrogens is 1. The fourth-order valence-corrected chi connectivity index (χ4v) is 5.12. The molecule has 1 saturated heterocycles. The molecule has 2 aromatic rings. The average Bonchev–Trinajstić information content (AvgIpc) is 3.00. The van der Waals surface area contributed by atoms with E-state index in [2.05, 4.69) is 39.5 Å². The lowest BCUT2D eigenvalue weighted by molar-refractivity contribution is -0.136. The van der Waals surface area contributed by atoms with Crippen LogP contribution in [-0.2, 0) is 22.6 Å². The SMILES string of the molecule is CN1C[C@@H](NC(=O)c2cnc(N)s2)CC[C@@H](C(=O)N2CCCc3ccccc3C2)C1.O=CO. The summed E-state index contributed by atoms with van der Waals surface area (Å²) >= 11 is 1.19. The maximum Gasteiger partial charge on any atom is 0.290 e.